The number of aromatic nitrogens is 3. The minimum Gasteiger partial charge on any atom is -0.342 e. The Balaban J connectivity index is 1.37. The van der Waals surface area contributed by atoms with Crippen molar-refractivity contribution in [3.63, 3.8) is 0 Å². The maximum Gasteiger partial charge on any atom is 0.263 e. The Kier molecular flexibility index (Phi) is 4.90. The molecule has 0 spiro atoms. The highest BCUT2D eigenvalue weighted by Gasteiger charge is 2.22. The quantitative estimate of drug-likeness (QED) is 0.503. The van der Waals surface area contributed by atoms with Crippen molar-refractivity contribution >= 4 is 22.6 Å². The second-order valence-corrected chi connectivity index (χ2v) is 8.28. The molecule has 1 fully saturated rings. The zero-order valence-electron chi connectivity index (χ0n) is 17.4. The number of aryl methyl sites for hydroxylation is 1. The number of carbonyl (C=O) groups excluding carboxylic acids is 1. The van der Waals surface area contributed by atoms with Gasteiger partial charge in [-0.05, 0) is 55.7 Å². The molecule has 1 aliphatic carbocycles. The van der Waals surface area contributed by atoms with E-state index in [4.69, 9.17) is 0 Å². The molecule has 6 nitrogen and oxygen atoms in total. The van der Waals surface area contributed by atoms with Gasteiger partial charge in [0.2, 0.25) is 0 Å². The fraction of sp³-hybridized carbons (Fsp3) is 0.240. The average molecular weight is 412 g/mol. The number of imidazole rings is 1. The normalized spacial score (nSPS) is 13.8. The summed E-state index contributed by atoms with van der Waals surface area (Å²) in [5.41, 5.74) is 4.38. The summed E-state index contributed by atoms with van der Waals surface area (Å²) in [6.07, 6.45) is 5.31. The van der Waals surface area contributed by atoms with E-state index in [0.717, 1.165) is 28.0 Å². The van der Waals surface area contributed by atoms with Gasteiger partial charge in [-0.1, -0.05) is 36.2 Å². The molecule has 1 aliphatic rings. The largest absolute Gasteiger partial charge is 0.342 e. The van der Waals surface area contributed by atoms with Gasteiger partial charge in [0.05, 0.1) is 17.6 Å². The molecule has 5 rings (SSSR count). The lowest BCUT2D eigenvalue weighted by Crippen LogP contribution is -2.29. The van der Waals surface area contributed by atoms with Crippen LogP contribution in [0.25, 0.3) is 11.0 Å². The highest BCUT2D eigenvalue weighted by atomic mass is 16.2. The molecule has 0 bridgehead atoms. The molecular formula is C25H24N4O2. The molecule has 6 heteroatoms. The van der Waals surface area contributed by atoms with Crippen molar-refractivity contribution in [3.8, 4) is 0 Å². The van der Waals surface area contributed by atoms with Crippen molar-refractivity contribution in [1.29, 1.82) is 0 Å². The number of hydrogen-bond donors (Lipinski definition) is 2. The van der Waals surface area contributed by atoms with Gasteiger partial charge in [-0.25, -0.2) is 4.98 Å². The third-order valence-corrected chi connectivity index (χ3v) is 5.95. The summed E-state index contributed by atoms with van der Waals surface area (Å²) in [6.45, 7) is 2.44. The number of H-pyrrole nitrogens is 1. The molecule has 2 heterocycles. The van der Waals surface area contributed by atoms with Crippen LogP contribution < -0.4 is 10.9 Å². The molecule has 2 N–H and O–H groups in total. The molecule has 2 aromatic heterocycles. The van der Waals surface area contributed by atoms with E-state index in [0.29, 0.717) is 18.2 Å². The van der Waals surface area contributed by atoms with Crippen LogP contribution in [0.1, 0.15) is 52.5 Å². The van der Waals surface area contributed by atoms with Gasteiger partial charge in [-0.2, -0.15) is 0 Å². The van der Waals surface area contributed by atoms with Crippen LogP contribution in [-0.4, -0.2) is 20.4 Å². The second-order valence-electron chi connectivity index (χ2n) is 8.28. The first kappa shape index (κ1) is 19.3. The molecule has 0 radical (unpaired) electrons. The Hall–Kier alpha value is -3.67. The van der Waals surface area contributed by atoms with E-state index >= 15 is 0 Å². The van der Waals surface area contributed by atoms with Crippen LogP contribution in [0.2, 0.25) is 0 Å². The molecule has 1 amide bonds. The first-order chi connectivity index (χ1) is 15.1. The third kappa shape index (κ3) is 3.89. The van der Waals surface area contributed by atoms with Crippen molar-refractivity contribution in [2.24, 2.45) is 0 Å². The van der Waals surface area contributed by atoms with Gasteiger partial charge in [0.15, 0.2) is 0 Å². The lowest BCUT2D eigenvalue weighted by molar-refractivity contribution is 0.102. The second kappa shape index (κ2) is 7.87. The van der Waals surface area contributed by atoms with Crippen LogP contribution in [0.3, 0.4) is 0 Å². The number of rotatable bonds is 5. The summed E-state index contributed by atoms with van der Waals surface area (Å²) in [6, 6.07) is 16.9. The molecule has 0 unspecified atom stereocenters. The van der Waals surface area contributed by atoms with Crippen LogP contribution in [0.4, 0.5) is 5.69 Å². The number of carbonyl (C=O) groups is 1. The van der Waals surface area contributed by atoms with Crippen molar-refractivity contribution in [2.75, 3.05) is 5.32 Å². The number of anilines is 1. The highest BCUT2D eigenvalue weighted by molar-refractivity contribution is 6.04. The fourth-order valence-electron chi connectivity index (χ4n) is 4.02. The van der Waals surface area contributed by atoms with E-state index in [-0.39, 0.29) is 11.1 Å². The summed E-state index contributed by atoms with van der Waals surface area (Å²) in [5.74, 6) is 1.12. The van der Waals surface area contributed by atoms with E-state index in [9.17, 15) is 9.59 Å². The highest BCUT2D eigenvalue weighted by Crippen LogP contribution is 2.35. The van der Waals surface area contributed by atoms with Crippen LogP contribution >= 0.6 is 0 Å². The van der Waals surface area contributed by atoms with Crippen LogP contribution in [0.5, 0.6) is 0 Å². The molecule has 2 aromatic carbocycles. The minimum absolute atomic E-state index is 0.120. The molecule has 0 saturated heterocycles. The Morgan fingerprint density at radius 1 is 1.16 bits per heavy atom. The van der Waals surface area contributed by atoms with Gasteiger partial charge in [0.25, 0.3) is 11.5 Å². The molecule has 1 saturated carbocycles. The third-order valence-electron chi connectivity index (χ3n) is 5.95. The van der Waals surface area contributed by atoms with E-state index in [2.05, 4.69) is 15.3 Å². The van der Waals surface area contributed by atoms with E-state index in [1.165, 1.54) is 19.3 Å². The molecule has 31 heavy (non-hydrogen) atoms. The number of hydrogen-bond acceptors (Lipinski definition) is 3. The molecule has 4 aromatic rings. The van der Waals surface area contributed by atoms with Gasteiger partial charge in [-0.3, -0.25) is 9.59 Å². The van der Waals surface area contributed by atoms with Crippen molar-refractivity contribution in [3.05, 3.63) is 93.7 Å². The number of nitrogens with zero attached hydrogens (tertiary/aromatic N) is 2. The Morgan fingerprint density at radius 3 is 2.81 bits per heavy atom. The van der Waals surface area contributed by atoms with Gasteiger partial charge in [0, 0.05) is 17.8 Å². The van der Waals surface area contributed by atoms with Crippen molar-refractivity contribution in [1.82, 2.24) is 14.5 Å². The smallest absolute Gasteiger partial charge is 0.263 e. The van der Waals surface area contributed by atoms with Crippen LogP contribution in [-0.2, 0) is 6.54 Å². The zero-order valence-corrected chi connectivity index (χ0v) is 17.4. The van der Waals surface area contributed by atoms with Crippen LogP contribution in [0, 0.1) is 6.92 Å². The number of pyridine rings is 1. The monoisotopic (exact) mass is 412 g/mol. The number of nitrogens with one attached hydrogen (secondary N) is 2. The number of benzene rings is 2. The zero-order chi connectivity index (χ0) is 21.4. The van der Waals surface area contributed by atoms with Gasteiger partial charge in [0.1, 0.15) is 11.4 Å². The molecule has 156 valence electrons. The summed E-state index contributed by atoms with van der Waals surface area (Å²) in [4.78, 5) is 33.8. The van der Waals surface area contributed by atoms with Gasteiger partial charge < -0.3 is 14.9 Å². The van der Waals surface area contributed by atoms with Crippen molar-refractivity contribution in [2.45, 2.75) is 38.6 Å². The first-order valence-electron chi connectivity index (χ1n) is 10.6. The summed E-state index contributed by atoms with van der Waals surface area (Å²) >= 11 is 0. The number of aromatic amines is 1. The topological polar surface area (TPSA) is 79.8 Å². The molecule has 0 atom stereocenters. The Labute approximate surface area is 180 Å². The maximum atomic E-state index is 12.9. The summed E-state index contributed by atoms with van der Waals surface area (Å²) in [5, 5.41) is 2.86. The van der Waals surface area contributed by atoms with Crippen molar-refractivity contribution < 1.29 is 4.79 Å². The lowest BCUT2D eigenvalue weighted by atomic mass is 9.85. The summed E-state index contributed by atoms with van der Waals surface area (Å²) in [7, 11) is 0. The summed E-state index contributed by atoms with van der Waals surface area (Å²) < 4.78 is 1.56. The first-order valence-corrected chi connectivity index (χ1v) is 10.6. The number of amides is 1. The minimum atomic E-state index is -0.415. The SMILES string of the molecule is Cc1cccc(Cn2cccc(C(=O)Nc3ccc4nc(C5CCC5)[nH]c4c3)c2=O)c1. The van der Waals surface area contributed by atoms with Gasteiger partial charge >= 0.3 is 0 Å². The lowest BCUT2D eigenvalue weighted by Gasteiger charge is -2.22. The predicted molar refractivity (Wildman–Crippen MR) is 122 cm³/mol. The van der Waals surface area contributed by atoms with E-state index < -0.39 is 5.91 Å². The molecular weight excluding hydrogens is 388 g/mol. The maximum absolute atomic E-state index is 12.9. The predicted octanol–water partition coefficient (Wildman–Crippen LogP) is 4.60. The standard InChI is InChI=1S/C25H24N4O2/c1-16-5-2-6-17(13-16)15-29-12-4-9-20(25(29)31)24(30)26-19-10-11-21-22(14-19)28-23(27-21)18-7-3-8-18/h2,4-6,9-14,18H,3,7-8,15H2,1H3,(H,26,30)(H,27,28). The Bertz CT molecular complexity index is 1330. The van der Waals surface area contributed by atoms with Crippen LogP contribution in [0.15, 0.2) is 65.6 Å². The Morgan fingerprint density at radius 2 is 2.03 bits per heavy atom. The van der Waals surface area contributed by atoms with Gasteiger partial charge in [-0.15, -0.1) is 0 Å². The fourth-order valence-corrected chi connectivity index (χ4v) is 4.02. The van der Waals surface area contributed by atoms with E-state index in [1.807, 2.05) is 49.4 Å². The number of fused-ring (bicyclic) bond motifs is 1. The molecule has 0 aliphatic heterocycles. The van der Waals surface area contributed by atoms with E-state index in [1.54, 1.807) is 22.9 Å². The average Bonchev–Trinajstić information content (AvgIpc) is 3.10.